The molecule has 1 unspecified atom stereocenters. The Kier molecular flexibility index (Phi) is 7.50. The van der Waals surface area contributed by atoms with Gasteiger partial charge < -0.3 is 20.2 Å². The maximum absolute atomic E-state index is 13.6. The molecular formula is C21H29FIN3O2. The molecule has 2 aromatic rings. The van der Waals surface area contributed by atoms with Crippen molar-refractivity contribution in [1.82, 2.24) is 10.6 Å². The van der Waals surface area contributed by atoms with Crippen molar-refractivity contribution in [3.8, 4) is 0 Å². The zero-order chi connectivity index (χ0) is 19.5. The van der Waals surface area contributed by atoms with Gasteiger partial charge in [0.25, 0.3) is 0 Å². The van der Waals surface area contributed by atoms with Crippen LogP contribution in [0.1, 0.15) is 43.8 Å². The quantitative estimate of drug-likeness (QED) is 0.307. The van der Waals surface area contributed by atoms with Crippen LogP contribution in [-0.4, -0.2) is 30.7 Å². The Labute approximate surface area is 182 Å². The summed E-state index contributed by atoms with van der Waals surface area (Å²) in [4.78, 5) is 4.52. The summed E-state index contributed by atoms with van der Waals surface area (Å²) in [7, 11) is 0. The van der Waals surface area contributed by atoms with Crippen LogP contribution >= 0.6 is 24.0 Å². The topological polar surface area (TPSA) is 69.8 Å². The highest BCUT2D eigenvalue weighted by Crippen LogP contribution is 2.47. The molecule has 0 aliphatic heterocycles. The van der Waals surface area contributed by atoms with Crippen LogP contribution in [0.5, 0.6) is 0 Å². The van der Waals surface area contributed by atoms with Crippen LogP contribution < -0.4 is 10.6 Å². The number of benzene rings is 1. The molecule has 1 aliphatic carbocycles. The van der Waals surface area contributed by atoms with Gasteiger partial charge in [-0.3, -0.25) is 0 Å². The lowest BCUT2D eigenvalue weighted by Crippen LogP contribution is -2.42. The highest BCUT2D eigenvalue weighted by molar-refractivity contribution is 14.0. The number of nitrogens with zero attached hydrogens (tertiary/aromatic N) is 1. The standard InChI is InChI=1S/C21H28FN3O2.HI/c1-4-23-19(24-13-20(3,26)18-9-8-15(2)27-18)25-14-21(10-11-21)16-6-5-7-17(22)12-16;/h5-9,12,26H,4,10-11,13-14H2,1-3H3,(H2,23,24,25);1H. The molecular weight excluding hydrogens is 472 g/mol. The van der Waals surface area contributed by atoms with Crippen LogP contribution in [0.4, 0.5) is 4.39 Å². The smallest absolute Gasteiger partial charge is 0.191 e. The van der Waals surface area contributed by atoms with E-state index in [-0.39, 0.29) is 41.8 Å². The zero-order valence-corrected chi connectivity index (χ0v) is 18.9. The molecule has 0 amide bonds. The van der Waals surface area contributed by atoms with Crippen molar-refractivity contribution in [3.05, 3.63) is 59.3 Å². The number of guanidine groups is 1. The van der Waals surface area contributed by atoms with E-state index < -0.39 is 5.60 Å². The third-order valence-corrected chi connectivity index (χ3v) is 5.05. The van der Waals surface area contributed by atoms with Crippen molar-refractivity contribution in [3.63, 3.8) is 0 Å². The van der Waals surface area contributed by atoms with E-state index in [9.17, 15) is 9.50 Å². The molecule has 1 fully saturated rings. The summed E-state index contributed by atoms with van der Waals surface area (Å²) in [5.74, 6) is 1.68. The first-order valence-electron chi connectivity index (χ1n) is 9.42. The van der Waals surface area contributed by atoms with Crippen LogP contribution in [0.15, 0.2) is 45.8 Å². The van der Waals surface area contributed by atoms with Gasteiger partial charge in [-0.25, -0.2) is 9.38 Å². The van der Waals surface area contributed by atoms with E-state index in [1.54, 1.807) is 25.1 Å². The minimum absolute atomic E-state index is 0. The molecule has 1 aliphatic rings. The van der Waals surface area contributed by atoms with Gasteiger partial charge in [0.2, 0.25) is 0 Å². The zero-order valence-electron chi connectivity index (χ0n) is 16.6. The summed E-state index contributed by atoms with van der Waals surface area (Å²) in [5.41, 5.74) is -0.209. The first-order valence-corrected chi connectivity index (χ1v) is 9.42. The summed E-state index contributed by atoms with van der Waals surface area (Å²) in [6.07, 6.45) is 2.04. The first kappa shape index (κ1) is 22.7. The Hall–Kier alpha value is -1.61. The van der Waals surface area contributed by atoms with Crippen molar-refractivity contribution < 1.29 is 13.9 Å². The minimum atomic E-state index is -1.18. The predicted octanol–water partition coefficient (Wildman–Crippen LogP) is 3.84. The van der Waals surface area contributed by atoms with Gasteiger partial charge >= 0.3 is 0 Å². The number of halogens is 2. The van der Waals surface area contributed by atoms with Gasteiger partial charge in [0.15, 0.2) is 5.96 Å². The monoisotopic (exact) mass is 501 g/mol. The highest BCUT2D eigenvalue weighted by atomic mass is 127. The van der Waals surface area contributed by atoms with Gasteiger partial charge in [0.05, 0.1) is 6.54 Å². The van der Waals surface area contributed by atoms with Crippen LogP contribution in [0.3, 0.4) is 0 Å². The fourth-order valence-electron chi connectivity index (χ4n) is 3.17. The molecule has 1 aromatic heterocycles. The van der Waals surface area contributed by atoms with Crippen molar-refractivity contribution in [2.75, 3.05) is 19.6 Å². The first-order chi connectivity index (χ1) is 12.8. The van der Waals surface area contributed by atoms with E-state index in [2.05, 4.69) is 15.6 Å². The normalized spacial score (nSPS) is 17.4. The summed E-state index contributed by atoms with van der Waals surface area (Å²) in [6, 6.07) is 10.4. The van der Waals surface area contributed by atoms with Crippen LogP contribution in [-0.2, 0) is 11.0 Å². The largest absolute Gasteiger partial charge is 0.463 e. The SMILES string of the molecule is CCNC(=NCC(C)(O)c1ccc(C)o1)NCC1(c2cccc(F)c2)CC1.I. The Bertz CT molecular complexity index is 815. The van der Waals surface area contributed by atoms with Gasteiger partial charge in [-0.15, -0.1) is 24.0 Å². The highest BCUT2D eigenvalue weighted by Gasteiger charge is 2.44. The number of hydrogen-bond donors (Lipinski definition) is 3. The molecule has 1 atom stereocenters. The van der Waals surface area contributed by atoms with E-state index in [0.29, 0.717) is 24.8 Å². The second-order valence-corrected chi connectivity index (χ2v) is 7.52. The molecule has 7 heteroatoms. The molecule has 0 radical (unpaired) electrons. The minimum Gasteiger partial charge on any atom is -0.463 e. The maximum Gasteiger partial charge on any atom is 0.191 e. The number of nitrogens with one attached hydrogen (secondary N) is 2. The average Bonchev–Trinajstić information content (AvgIpc) is 3.30. The van der Waals surface area contributed by atoms with Crippen LogP contribution in [0, 0.1) is 12.7 Å². The summed E-state index contributed by atoms with van der Waals surface area (Å²) in [6.45, 7) is 7.07. The van der Waals surface area contributed by atoms with Gasteiger partial charge in [-0.1, -0.05) is 12.1 Å². The average molecular weight is 501 g/mol. The summed E-state index contributed by atoms with van der Waals surface area (Å²) in [5, 5.41) is 17.2. The lowest BCUT2D eigenvalue weighted by Gasteiger charge is -2.21. The fourth-order valence-corrected chi connectivity index (χ4v) is 3.17. The Morgan fingerprint density at radius 1 is 1.29 bits per heavy atom. The van der Waals surface area contributed by atoms with Gasteiger partial charge in [-0.2, -0.15) is 0 Å². The Balaban J connectivity index is 0.00000280. The second kappa shape index (κ2) is 9.26. The molecule has 1 aromatic carbocycles. The predicted molar refractivity (Wildman–Crippen MR) is 120 cm³/mol. The van der Waals surface area contributed by atoms with Gasteiger partial charge in [0.1, 0.15) is 22.9 Å². The van der Waals surface area contributed by atoms with E-state index in [4.69, 9.17) is 4.42 Å². The van der Waals surface area contributed by atoms with E-state index in [0.717, 1.165) is 24.2 Å². The Morgan fingerprint density at radius 3 is 2.61 bits per heavy atom. The van der Waals surface area contributed by atoms with Crippen molar-refractivity contribution in [1.29, 1.82) is 0 Å². The van der Waals surface area contributed by atoms with Crippen molar-refractivity contribution in [2.45, 2.75) is 44.6 Å². The molecule has 5 nitrogen and oxygen atoms in total. The van der Waals surface area contributed by atoms with Crippen molar-refractivity contribution in [2.24, 2.45) is 4.99 Å². The van der Waals surface area contributed by atoms with Gasteiger partial charge in [0, 0.05) is 18.5 Å². The van der Waals surface area contributed by atoms with Crippen LogP contribution in [0.2, 0.25) is 0 Å². The number of rotatable bonds is 7. The number of aliphatic imine (C=N–C) groups is 1. The number of hydrogen-bond acceptors (Lipinski definition) is 3. The van der Waals surface area contributed by atoms with Gasteiger partial charge in [-0.05, 0) is 63.4 Å². The maximum atomic E-state index is 13.6. The number of aliphatic hydroxyl groups is 1. The molecule has 0 bridgehead atoms. The molecule has 154 valence electrons. The molecule has 0 spiro atoms. The fraction of sp³-hybridized carbons (Fsp3) is 0.476. The van der Waals surface area contributed by atoms with Crippen molar-refractivity contribution >= 4 is 29.9 Å². The Morgan fingerprint density at radius 2 is 2.04 bits per heavy atom. The lowest BCUT2D eigenvalue weighted by atomic mass is 9.96. The molecule has 3 rings (SSSR count). The number of aryl methyl sites for hydroxylation is 1. The summed E-state index contributed by atoms with van der Waals surface area (Å²) < 4.78 is 19.1. The molecule has 1 heterocycles. The molecule has 28 heavy (non-hydrogen) atoms. The number of furan rings is 1. The third-order valence-electron chi connectivity index (χ3n) is 5.05. The molecule has 0 saturated heterocycles. The molecule has 3 N–H and O–H groups in total. The second-order valence-electron chi connectivity index (χ2n) is 7.52. The van der Waals surface area contributed by atoms with E-state index in [1.807, 2.05) is 26.0 Å². The third kappa shape index (κ3) is 5.47. The molecule has 1 saturated carbocycles. The lowest BCUT2D eigenvalue weighted by molar-refractivity contribution is 0.0428. The van der Waals surface area contributed by atoms with E-state index in [1.165, 1.54) is 6.07 Å². The van der Waals surface area contributed by atoms with Crippen LogP contribution in [0.25, 0.3) is 0 Å². The van der Waals surface area contributed by atoms with E-state index >= 15 is 0 Å². The summed E-state index contributed by atoms with van der Waals surface area (Å²) >= 11 is 0.